The molecule has 0 spiro atoms. The molecule has 0 aliphatic carbocycles. The first-order valence-electron chi connectivity index (χ1n) is 5.62. The maximum Gasteiger partial charge on any atom is 0.276 e. The molecule has 20 heavy (non-hydrogen) atoms. The van der Waals surface area contributed by atoms with E-state index in [1.165, 1.54) is 16.9 Å². The van der Waals surface area contributed by atoms with Crippen molar-refractivity contribution in [2.75, 3.05) is 4.72 Å². The summed E-state index contributed by atoms with van der Waals surface area (Å²) in [5.74, 6) is -1.21. The fourth-order valence-electron chi connectivity index (χ4n) is 1.44. The number of aromatic nitrogens is 4. The van der Waals surface area contributed by atoms with Crippen molar-refractivity contribution in [3.05, 3.63) is 34.6 Å². The van der Waals surface area contributed by atoms with Crippen molar-refractivity contribution >= 4 is 27.6 Å². The van der Waals surface area contributed by atoms with E-state index in [9.17, 15) is 12.8 Å². The molecule has 1 aromatic heterocycles. The highest BCUT2D eigenvalue weighted by Gasteiger charge is 2.15. The maximum atomic E-state index is 13.2. The van der Waals surface area contributed by atoms with E-state index in [1.54, 1.807) is 6.92 Å². The van der Waals surface area contributed by atoms with Gasteiger partial charge in [-0.15, -0.1) is 5.10 Å². The van der Waals surface area contributed by atoms with Gasteiger partial charge < -0.3 is 0 Å². The number of halogens is 2. The average Bonchev–Trinajstić information content (AvgIpc) is 2.80. The van der Waals surface area contributed by atoms with Crippen LogP contribution in [0.15, 0.2) is 18.2 Å². The van der Waals surface area contributed by atoms with Crippen LogP contribution in [0.2, 0.25) is 5.02 Å². The second-order valence-electron chi connectivity index (χ2n) is 3.91. The number of sulfonamides is 1. The highest BCUT2D eigenvalue weighted by Crippen LogP contribution is 2.17. The fraction of sp³-hybridized carbons (Fsp3) is 0.300. The smallest absolute Gasteiger partial charge is 0.248 e. The molecule has 0 saturated heterocycles. The minimum Gasteiger partial charge on any atom is -0.248 e. The summed E-state index contributed by atoms with van der Waals surface area (Å²) in [7, 11) is -3.75. The van der Waals surface area contributed by atoms with Crippen LogP contribution in [0.5, 0.6) is 0 Å². The highest BCUT2D eigenvalue weighted by molar-refractivity contribution is 7.91. The minimum atomic E-state index is -3.75. The van der Waals surface area contributed by atoms with Gasteiger partial charge >= 0.3 is 0 Å². The lowest BCUT2D eigenvalue weighted by molar-refractivity contribution is 0.553. The van der Waals surface area contributed by atoms with Crippen LogP contribution in [0.3, 0.4) is 0 Å². The summed E-state index contributed by atoms with van der Waals surface area (Å²) in [5, 5.41) is 10.9. The van der Waals surface area contributed by atoms with Crippen LogP contribution >= 0.6 is 11.6 Å². The largest absolute Gasteiger partial charge is 0.276 e. The molecule has 1 heterocycles. The molecule has 0 fully saturated rings. The molecule has 1 N–H and O–H groups in total. The lowest BCUT2D eigenvalue weighted by atomic mass is 10.2. The Hall–Kier alpha value is -1.74. The predicted molar refractivity (Wildman–Crippen MR) is 71.1 cm³/mol. The van der Waals surface area contributed by atoms with Crippen LogP contribution in [-0.4, -0.2) is 28.6 Å². The molecule has 2 aromatic rings. The van der Waals surface area contributed by atoms with Crippen molar-refractivity contribution in [3.63, 3.8) is 0 Å². The Morgan fingerprint density at radius 2 is 2.20 bits per heavy atom. The number of anilines is 1. The van der Waals surface area contributed by atoms with Gasteiger partial charge in [0.2, 0.25) is 10.0 Å². The van der Waals surface area contributed by atoms with Crippen LogP contribution in [0.1, 0.15) is 12.5 Å². The van der Waals surface area contributed by atoms with E-state index < -0.39 is 21.6 Å². The van der Waals surface area contributed by atoms with Crippen LogP contribution in [0.4, 0.5) is 10.3 Å². The Labute approximate surface area is 119 Å². The molecular weight excluding hydrogens is 309 g/mol. The van der Waals surface area contributed by atoms with Crippen molar-refractivity contribution in [3.8, 4) is 0 Å². The van der Waals surface area contributed by atoms with Crippen molar-refractivity contribution in [1.82, 2.24) is 20.2 Å². The summed E-state index contributed by atoms with van der Waals surface area (Å²) in [6, 6.07) is 3.80. The highest BCUT2D eigenvalue weighted by atomic mass is 35.5. The van der Waals surface area contributed by atoms with Gasteiger partial charge in [0.1, 0.15) is 5.82 Å². The quantitative estimate of drug-likeness (QED) is 0.900. The van der Waals surface area contributed by atoms with Gasteiger partial charge in [-0.2, -0.15) is 4.80 Å². The number of rotatable bonds is 5. The standard InChI is InChI=1S/C10H11ClFN5O2S/c1-2-17-14-10(13-16-17)15-20(18,19)6-7-3-4-8(11)9(12)5-7/h3-5H,2,6H2,1H3,(H,14,15). The zero-order valence-corrected chi connectivity index (χ0v) is 12.0. The van der Waals surface area contributed by atoms with Crippen LogP contribution < -0.4 is 4.72 Å². The number of aryl methyl sites for hydroxylation is 1. The van der Waals surface area contributed by atoms with E-state index in [0.717, 1.165) is 6.07 Å². The Balaban J connectivity index is 2.12. The maximum absolute atomic E-state index is 13.2. The van der Waals surface area contributed by atoms with Crippen molar-refractivity contribution in [2.45, 2.75) is 19.2 Å². The Bertz CT molecular complexity index is 718. The lowest BCUT2D eigenvalue weighted by Crippen LogP contribution is -2.16. The number of hydrogen-bond acceptors (Lipinski definition) is 5. The molecule has 108 valence electrons. The van der Waals surface area contributed by atoms with Gasteiger partial charge in [-0.25, -0.2) is 17.5 Å². The molecule has 0 atom stereocenters. The summed E-state index contributed by atoms with van der Waals surface area (Å²) < 4.78 is 39.2. The van der Waals surface area contributed by atoms with Crippen molar-refractivity contribution in [1.29, 1.82) is 0 Å². The van der Waals surface area contributed by atoms with Gasteiger partial charge in [0.15, 0.2) is 0 Å². The second-order valence-corrected chi connectivity index (χ2v) is 6.04. The van der Waals surface area contributed by atoms with Crippen LogP contribution in [0, 0.1) is 5.82 Å². The van der Waals surface area contributed by atoms with E-state index in [2.05, 4.69) is 20.1 Å². The van der Waals surface area contributed by atoms with Gasteiger partial charge in [0.05, 0.1) is 17.3 Å². The third-order valence-electron chi connectivity index (χ3n) is 2.32. The predicted octanol–water partition coefficient (Wildman–Crippen LogP) is 1.43. The molecule has 2 rings (SSSR count). The minimum absolute atomic E-state index is 0.0633. The number of nitrogens with one attached hydrogen (secondary N) is 1. The van der Waals surface area contributed by atoms with Gasteiger partial charge in [-0.3, -0.25) is 0 Å². The van der Waals surface area contributed by atoms with Crippen molar-refractivity contribution in [2.24, 2.45) is 0 Å². The van der Waals surface area contributed by atoms with E-state index in [4.69, 9.17) is 11.6 Å². The van der Waals surface area contributed by atoms with Crippen molar-refractivity contribution < 1.29 is 12.8 Å². The second kappa shape index (κ2) is 5.71. The molecule has 7 nitrogen and oxygen atoms in total. The first-order valence-corrected chi connectivity index (χ1v) is 7.65. The van der Waals surface area contributed by atoms with E-state index in [0.29, 0.717) is 6.54 Å². The molecule has 0 unspecified atom stereocenters. The number of nitrogens with zero attached hydrogens (tertiary/aromatic N) is 4. The Kier molecular flexibility index (Phi) is 4.19. The lowest BCUT2D eigenvalue weighted by Gasteiger charge is -2.05. The summed E-state index contributed by atoms with van der Waals surface area (Å²) in [6.45, 7) is 2.26. The fourth-order valence-corrected chi connectivity index (χ4v) is 2.61. The Morgan fingerprint density at radius 3 is 2.80 bits per heavy atom. The van der Waals surface area contributed by atoms with E-state index in [1.807, 2.05) is 0 Å². The third kappa shape index (κ3) is 3.64. The summed E-state index contributed by atoms with van der Waals surface area (Å²) in [5.41, 5.74) is 0.266. The Morgan fingerprint density at radius 1 is 1.45 bits per heavy atom. The monoisotopic (exact) mass is 319 g/mol. The first kappa shape index (κ1) is 14.7. The molecule has 10 heteroatoms. The van der Waals surface area contributed by atoms with E-state index >= 15 is 0 Å². The number of hydrogen-bond donors (Lipinski definition) is 1. The normalized spacial score (nSPS) is 11.6. The molecule has 0 aliphatic heterocycles. The van der Waals surface area contributed by atoms with Crippen LogP contribution in [-0.2, 0) is 22.3 Å². The SMILES string of the molecule is CCn1nnc(NS(=O)(=O)Cc2ccc(Cl)c(F)c2)n1. The molecule has 0 radical (unpaired) electrons. The summed E-state index contributed by atoms with van der Waals surface area (Å²) in [4.78, 5) is 1.24. The molecule has 0 aliphatic rings. The molecule has 0 saturated carbocycles. The molecular formula is C10H11ClFN5O2S. The zero-order valence-electron chi connectivity index (χ0n) is 10.4. The summed E-state index contributed by atoms with van der Waals surface area (Å²) in [6.07, 6.45) is 0. The number of benzene rings is 1. The van der Waals surface area contributed by atoms with Gasteiger partial charge in [0, 0.05) is 0 Å². The zero-order chi connectivity index (χ0) is 14.8. The molecule has 0 amide bonds. The van der Waals surface area contributed by atoms with E-state index in [-0.39, 0.29) is 16.5 Å². The third-order valence-corrected chi connectivity index (χ3v) is 3.84. The summed E-state index contributed by atoms with van der Waals surface area (Å²) >= 11 is 5.53. The first-order chi connectivity index (χ1) is 9.39. The van der Waals surface area contributed by atoms with Gasteiger partial charge in [-0.1, -0.05) is 22.8 Å². The topological polar surface area (TPSA) is 89.8 Å². The molecule has 0 bridgehead atoms. The van der Waals surface area contributed by atoms with Gasteiger partial charge in [-0.05, 0) is 29.8 Å². The average molecular weight is 320 g/mol. The van der Waals surface area contributed by atoms with Gasteiger partial charge in [0.25, 0.3) is 5.95 Å². The number of tetrazole rings is 1. The van der Waals surface area contributed by atoms with Crippen LogP contribution in [0.25, 0.3) is 0 Å². The molecule has 1 aromatic carbocycles.